The van der Waals surface area contributed by atoms with Crippen molar-refractivity contribution in [2.45, 2.75) is 31.2 Å². The average Bonchev–Trinajstić information content (AvgIpc) is 2.77. The Morgan fingerprint density at radius 2 is 1.58 bits per heavy atom. The molecule has 0 saturated carbocycles. The van der Waals surface area contributed by atoms with Crippen molar-refractivity contribution < 1.29 is 13.2 Å². The van der Waals surface area contributed by atoms with Crippen molar-refractivity contribution in [1.29, 1.82) is 0 Å². The van der Waals surface area contributed by atoms with Crippen LogP contribution in [0, 0.1) is 5.92 Å². The summed E-state index contributed by atoms with van der Waals surface area (Å²) in [5.41, 5.74) is 1.27. The normalized spacial score (nSPS) is 12.4. The molecular formula is C25H26Cl2N2O3S. The van der Waals surface area contributed by atoms with Crippen LogP contribution >= 0.6 is 23.2 Å². The van der Waals surface area contributed by atoms with Crippen molar-refractivity contribution in [3.05, 3.63) is 94.5 Å². The Hall–Kier alpha value is -2.54. The molecule has 0 heterocycles. The van der Waals surface area contributed by atoms with E-state index in [-0.39, 0.29) is 10.9 Å². The lowest BCUT2D eigenvalue weighted by atomic mass is 9.97. The van der Waals surface area contributed by atoms with Gasteiger partial charge in [0.25, 0.3) is 10.0 Å². The first-order chi connectivity index (χ1) is 15.7. The van der Waals surface area contributed by atoms with Crippen LogP contribution in [0.5, 0.6) is 0 Å². The molecule has 0 fully saturated rings. The molecule has 3 aromatic carbocycles. The van der Waals surface area contributed by atoms with Crippen molar-refractivity contribution in [2.24, 2.45) is 5.92 Å². The van der Waals surface area contributed by atoms with Crippen LogP contribution in [-0.4, -0.2) is 20.9 Å². The second-order valence-corrected chi connectivity index (χ2v) is 10.8. The Balaban J connectivity index is 1.92. The molecule has 33 heavy (non-hydrogen) atoms. The van der Waals surface area contributed by atoms with E-state index in [9.17, 15) is 13.2 Å². The molecule has 0 aromatic heterocycles. The van der Waals surface area contributed by atoms with Gasteiger partial charge in [0.15, 0.2) is 0 Å². The molecule has 0 spiro atoms. The minimum Gasteiger partial charge on any atom is -0.348 e. The van der Waals surface area contributed by atoms with Crippen molar-refractivity contribution in [1.82, 2.24) is 5.32 Å². The number of nitrogens with one attached hydrogen (secondary N) is 1. The van der Waals surface area contributed by atoms with E-state index in [0.717, 1.165) is 16.3 Å². The number of carbonyl (C=O) groups excluding carboxylic acids is 1. The van der Waals surface area contributed by atoms with E-state index in [0.29, 0.717) is 21.7 Å². The maximum Gasteiger partial charge on any atom is 0.264 e. The standard InChI is InChI=1S/C25H26Cl2N2O3S/c1-18(2)15-24(19-7-4-3-5-8-19)28-25(30)17-29(22-10-6-9-21(27)16-22)33(31,32)23-13-11-20(26)12-14-23/h3-14,16,18,24H,15,17H2,1-2H3,(H,28,30)/t24-/m1/s1. The van der Waals surface area contributed by atoms with Gasteiger partial charge < -0.3 is 5.32 Å². The largest absolute Gasteiger partial charge is 0.348 e. The molecule has 174 valence electrons. The summed E-state index contributed by atoms with van der Waals surface area (Å²) in [6.07, 6.45) is 0.719. The number of carbonyl (C=O) groups is 1. The molecule has 8 heteroatoms. The minimum atomic E-state index is -4.05. The highest BCUT2D eigenvalue weighted by Gasteiger charge is 2.28. The first kappa shape index (κ1) is 25.1. The highest BCUT2D eigenvalue weighted by molar-refractivity contribution is 7.92. The van der Waals surface area contributed by atoms with Crippen molar-refractivity contribution >= 4 is 44.8 Å². The summed E-state index contributed by atoms with van der Waals surface area (Å²) in [5.74, 6) is -0.0839. The number of halogens is 2. The summed E-state index contributed by atoms with van der Waals surface area (Å²) in [5, 5.41) is 3.80. The molecule has 3 aromatic rings. The van der Waals surface area contributed by atoms with Gasteiger partial charge in [-0.1, -0.05) is 73.4 Å². The van der Waals surface area contributed by atoms with Crippen molar-refractivity contribution in [3.63, 3.8) is 0 Å². The maximum atomic E-state index is 13.5. The number of amides is 1. The number of anilines is 1. The van der Waals surface area contributed by atoms with Gasteiger partial charge in [0.2, 0.25) is 5.91 Å². The van der Waals surface area contributed by atoms with Crippen LogP contribution < -0.4 is 9.62 Å². The molecule has 0 radical (unpaired) electrons. The van der Waals surface area contributed by atoms with Gasteiger partial charge in [-0.2, -0.15) is 0 Å². The third-order valence-electron chi connectivity index (χ3n) is 5.03. The number of nitrogens with zero attached hydrogens (tertiary/aromatic N) is 1. The van der Waals surface area contributed by atoms with Gasteiger partial charge in [-0.05, 0) is 60.4 Å². The number of sulfonamides is 1. The smallest absolute Gasteiger partial charge is 0.264 e. The van der Waals surface area contributed by atoms with Crippen LogP contribution in [0.3, 0.4) is 0 Å². The van der Waals surface area contributed by atoms with Gasteiger partial charge in [0.05, 0.1) is 16.6 Å². The minimum absolute atomic E-state index is 0.0291. The molecule has 0 saturated heterocycles. The molecule has 1 N–H and O–H groups in total. The van der Waals surface area contributed by atoms with Crippen LogP contribution in [0.25, 0.3) is 0 Å². The number of hydrogen-bond donors (Lipinski definition) is 1. The summed E-state index contributed by atoms with van der Waals surface area (Å²) >= 11 is 12.1. The Kier molecular flexibility index (Phi) is 8.40. The van der Waals surface area contributed by atoms with Crippen LogP contribution in [0.15, 0.2) is 83.8 Å². The van der Waals surface area contributed by atoms with Crippen LogP contribution in [-0.2, 0) is 14.8 Å². The predicted octanol–water partition coefficient (Wildman–Crippen LogP) is 6.09. The van der Waals surface area contributed by atoms with Gasteiger partial charge in [-0.25, -0.2) is 8.42 Å². The molecule has 0 bridgehead atoms. The Labute approximate surface area is 205 Å². The van der Waals surface area contributed by atoms with Crippen molar-refractivity contribution in [3.8, 4) is 0 Å². The molecule has 3 rings (SSSR count). The lowest BCUT2D eigenvalue weighted by Crippen LogP contribution is -2.42. The molecule has 0 aliphatic rings. The van der Waals surface area contributed by atoms with Crippen molar-refractivity contribution in [2.75, 3.05) is 10.8 Å². The lowest BCUT2D eigenvalue weighted by Gasteiger charge is -2.26. The van der Waals surface area contributed by atoms with E-state index in [1.165, 1.54) is 30.3 Å². The van der Waals surface area contributed by atoms with E-state index in [2.05, 4.69) is 19.2 Å². The third kappa shape index (κ3) is 6.73. The highest BCUT2D eigenvalue weighted by Crippen LogP contribution is 2.27. The first-order valence-electron chi connectivity index (χ1n) is 10.5. The Bertz CT molecular complexity index is 1180. The first-order valence-corrected chi connectivity index (χ1v) is 12.7. The van der Waals surface area contributed by atoms with Gasteiger partial charge in [0, 0.05) is 10.0 Å². The van der Waals surface area contributed by atoms with E-state index in [4.69, 9.17) is 23.2 Å². The number of rotatable bonds is 9. The highest BCUT2D eigenvalue weighted by atomic mass is 35.5. The fourth-order valence-corrected chi connectivity index (χ4v) is 5.21. The quantitative estimate of drug-likeness (QED) is 0.383. The Morgan fingerprint density at radius 3 is 2.18 bits per heavy atom. The molecule has 0 unspecified atom stereocenters. The van der Waals surface area contributed by atoms with Gasteiger partial charge in [-0.15, -0.1) is 0 Å². The fourth-order valence-electron chi connectivity index (χ4n) is 3.49. The fraction of sp³-hybridized carbons (Fsp3) is 0.240. The number of benzene rings is 3. The maximum absolute atomic E-state index is 13.5. The topological polar surface area (TPSA) is 66.5 Å². The second kappa shape index (κ2) is 11.1. The van der Waals surface area contributed by atoms with E-state index in [1.54, 1.807) is 18.2 Å². The lowest BCUT2D eigenvalue weighted by molar-refractivity contribution is -0.120. The third-order valence-corrected chi connectivity index (χ3v) is 7.30. The van der Waals surface area contributed by atoms with E-state index >= 15 is 0 Å². The zero-order valence-corrected chi connectivity index (χ0v) is 20.7. The summed E-state index contributed by atoms with van der Waals surface area (Å²) in [4.78, 5) is 13.2. The van der Waals surface area contributed by atoms with E-state index < -0.39 is 22.5 Å². The van der Waals surface area contributed by atoms with Gasteiger partial charge >= 0.3 is 0 Å². The average molecular weight is 505 g/mol. The zero-order chi connectivity index (χ0) is 24.0. The molecule has 1 amide bonds. The SMILES string of the molecule is CC(C)C[C@@H](NC(=O)CN(c1cccc(Cl)c1)S(=O)(=O)c1ccc(Cl)cc1)c1ccccc1. The summed E-state index contributed by atoms with van der Waals surface area (Å²) < 4.78 is 28.0. The monoisotopic (exact) mass is 504 g/mol. The second-order valence-electron chi connectivity index (χ2n) is 8.11. The predicted molar refractivity (Wildman–Crippen MR) is 134 cm³/mol. The zero-order valence-electron chi connectivity index (χ0n) is 18.4. The Morgan fingerprint density at radius 1 is 0.909 bits per heavy atom. The van der Waals surface area contributed by atoms with Crippen LogP contribution in [0.2, 0.25) is 10.0 Å². The molecule has 1 atom stereocenters. The van der Waals surface area contributed by atoms with Gasteiger partial charge in [-0.3, -0.25) is 9.10 Å². The number of hydrogen-bond acceptors (Lipinski definition) is 3. The summed E-state index contributed by atoms with van der Waals surface area (Å²) in [7, 11) is -4.05. The molecule has 5 nitrogen and oxygen atoms in total. The molecular weight excluding hydrogens is 479 g/mol. The van der Waals surface area contributed by atoms with E-state index in [1.807, 2.05) is 30.3 Å². The summed E-state index contributed by atoms with van der Waals surface area (Å²) in [6.45, 7) is 3.75. The molecule has 0 aliphatic heterocycles. The van der Waals surface area contributed by atoms with Crippen LogP contribution in [0.4, 0.5) is 5.69 Å². The summed E-state index contributed by atoms with van der Waals surface area (Å²) in [6, 6.07) is 21.7. The molecule has 0 aliphatic carbocycles. The van der Waals surface area contributed by atoms with Crippen LogP contribution in [0.1, 0.15) is 31.9 Å². The van der Waals surface area contributed by atoms with Gasteiger partial charge in [0.1, 0.15) is 6.54 Å².